The van der Waals surface area contributed by atoms with Crippen molar-refractivity contribution in [3.8, 4) is 11.4 Å². The summed E-state index contributed by atoms with van der Waals surface area (Å²) in [4.78, 5) is 8.14. The molecule has 0 unspecified atom stereocenters. The van der Waals surface area contributed by atoms with Crippen molar-refractivity contribution in [1.29, 1.82) is 0 Å². The minimum Gasteiger partial charge on any atom is -0.236 e. The summed E-state index contributed by atoms with van der Waals surface area (Å²) in [5.74, 6) is 0.394. The predicted molar refractivity (Wildman–Crippen MR) is 70.2 cm³/mol. The average molecular weight is 283 g/mol. The normalized spacial score (nSPS) is 11.4. The quantitative estimate of drug-likeness (QED) is 0.812. The zero-order valence-electron chi connectivity index (χ0n) is 9.67. The second-order valence-electron chi connectivity index (χ2n) is 3.63. The smallest absolute Gasteiger partial charge is 0.195 e. The third-order valence-electron chi connectivity index (χ3n) is 2.43. The van der Waals surface area contributed by atoms with Gasteiger partial charge in [-0.15, -0.1) is 0 Å². The van der Waals surface area contributed by atoms with Gasteiger partial charge in [-0.05, 0) is 30.3 Å². The molecule has 0 fully saturated rings. The average Bonchev–Trinajstić information content (AvgIpc) is 2.40. The van der Waals surface area contributed by atoms with Crippen molar-refractivity contribution in [3.63, 3.8) is 0 Å². The van der Waals surface area contributed by atoms with Gasteiger partial charge in [0.2, 0.25) is 0 Å². The standard InChI is InChI=1S/C12H11ClN2O2S/c1-2-18(16,17)11-7-8-14-12(15-11)9-3-5-10(13)6-4-9/h3-8H,2H2,1H3. The van der Waals surface area contributed by atoms with Gasteiger partial charge in [0.25, 0.3) is 0 Å². The maximum atomic E-state index is 11.7. The first kappa shape index (κ1) is 13.0. The molecule has 0 bridgehead atoms. The van der Waals surface area contributed by atoms with Crippen LogP contribution in [-0.4, -0.2) is 24.1 Å². The molecule has 0 aliphatic heterocycles. The highest BCUT2D eigenvalue weighted by Crippen LogP contribution is 2.19. The van der Waals surface area contributed by atoms with Crippen LogP contribution in [0, 0.1) is 0 Å². The van der Waals surface area contributed by atoms with Crippen LogP contribution in [0.25, 0.3) is 11.4 Å². The molecule has 4 nitrogen and oxygen atoms in total. The second kappa shape index (κ2) is 5.04. The van der Waals surface area contributed by atoms with Crippen LogP contribution in [0.1, 0.15) is 6.92 Å². The number of hydrogen-bond acceptors (Lipinski definition) is 4. The van der Waals surface area contributed by atoms with Crippen LogP contribution in [0.5, 0.6) is 0 Å². The lowest BCUT2D eigenvalue weighted by atomic mass is 10.2. The second-order valence-corrected chi connectivity index (χ2v) is 6.29. The lowest BCUT2D eigenvalue weighted by Gasteiger charge is -2.03. The van der Waals surface area contributed by atoms with Gasteiger partial charge < -0.3 is 0 Å². The maximum Gasteiger partial charge on any atom is 0.195 e. The Kier molecular flexibility index (Phi) is 3.63. The highest BCUT2D eigenvalue weighted by molar-refractivity contribution is 7.91. The van der Waals surface area contributed by atoms with E-state index in [0.29, 0.717) is 10.8 Å². The van der Waals surface area contributed by atoms with Crippen LogP contribution in [0.4, 0.5) is 0 Å². The van der Waals surface area contributed by atoms with E-state index in [1.807, 2.05) is 0 Å². The molecule has 1 heterocycles. The van der Waals surface area contributed by atoms with Gasteiger partial charge in [-0.2, -0.15) is 0 Å². The number of benzene rings is 1. The SMILES string of the molecule is CCS(=O)(=O)c1ccnc(-c2ccc(Cl)cc2)n1. The van der Waals surface area contributed by atoms with Gasteiger partial charge in [-0.25, -0.2) is 18.4 Å². The zero-order chi connectivity index (χ0) is 13.2. The Morgan fingerprint density at radius 1 is 1.17 bits per heavy atom. The van der Waals surface area contributed by atoms with Gasteiger partial charge in [0.05, 0.1) is 5.75 Å². The summed E-state index contributed by atoms with van der Waals surface area (Å²) in [6.45, 7) is 1.58. The molecule has 94 valence electrons. The monoisotopic (exact) mass is 282 g/mol. The molecular formula is C12H11ClN2O2S. The summed E-state index contributed by atoms with van der Waals surface area (Å²) in [6.07, 6.45) is 1.44. The predicted octanol–water partition coefficient (Wildman–Crippen LogP) is 2.59. The molecule has 1 aromatic heterocycles. The van der Waals surface area contributed by atoms with E-state index in [-0.39, 0.29) is 10.8 Å². The highest BCUT2D eigenvalue weighted by atomic mass is 35.5. The minimum absolute atomic E-state index is 0.0179. The van der Waals surface area contributed by atoms with Crippen molar-refractivity contribution < 1.29 is 8.42 Å². The van der Waals surface area contributed by atoms with Gasteiger partial charge in [-0.1, -0.05) is 18.5 Å². The van der Waals surface area contributed by atoms with E-state index in [0.717, 1.165) is 5.56 Å². The Labute approximate surface area is 111 Å². The van der Waals surface area contributed by atoms with Crippen molar-refractivity contribution in [3.05, 3.63) is 41.6 Å². The summed E-state index contributed by atoms with van der Waals surface area (Å²) in [7, 11) is -3.31. The molecule has 1 aromatic carbocycles. The van der Waals surface area contributed by atoms with Gasteiger partial charge in [0, 0.05) is 16.8 Å². The number of rotatable bonds is 3. The number of nitrogens with zero attached hydrogens (tertiary/aromatic N) is 2. The first-order valence-corrected chi connectivity index (χ1v) is 7.37. The van der Waals surface area contributed by atoms with Crippen molar-refractivity contribution in [2.45, 2.75) is 11.9 Å². The molecule has 0 N–H and O–H groups in total. The summed E-state index contributed by atoms with van der Waals surface area (Å²) < 4.78 is 23.5. The van der Waals surface area contributed by atoms with Crippen LogP contribution in [-0.2, 0) is 9.84 Å². The van der Waals surface area contributed by atoms with E-state index in [4.69, 9.17) is 11.6 Å². The fourth-order valence-corrected chi connectivity index (χ4v) is 2.32. The molecule has 6 heteroatoms. The summed E-state index contributed by atoms with van der Waals surface area (Å²) in [5.41, 5.74) is 0.729. The maximum absolute atomic E-state index is 11.7. The fraction of sp³-hybridized carbons (Fsp3) is 0.167. The minimum atomic E-state index is -3.31. The fourth-order valence-electron chi connectivity index (χ4n) is 1.40. The van der Waals surface area contributed by atoms with Crippen molar-refractivity contribution in [2.24, 2.45) is 0 Å². The molecule has 0 aliphatic rings. The molecule has 0 saturated carbocycles. The van der Waals surface area contributed by atoms with E-state index in [2.05, 4.69) is 9.97 Å². The molecular weight excluding hydrogens is 272 g/mol. The van der Waals surface area contributed by atoms with Crippen molar-refractivity contribution in [2.75, 3.05) is 5.75 Å². The summed E-state index contributed by atoms with van der Waals surface area (Å²) in [5, 5.41) is 0.654. The molecule has 0 atom stereocenters. The van der Waals surface area contributed by atoms with E-state index in [1.54, 1.807) is 31.2 Å². The third-order valence-corrected chi connectivity index (χ3v) is 4.31. The van der Waals surface area contributed by atoms with Crippen LogP contribution in [0.15, 0.2) is 41.6 Å². The van der Waals surface area contributed by atoms with Crippen molar-refractivity contribution >= 4 is 21.4 Å². The van der Waals surface area contributed by atoms with Crippen LogP contribution in [0.3, 0.4) is 0 Å². The Morgan fingerprint density at radius 3 is 2.44 bits per heavy atom. The first-order valence-electron chi connectivity index (χ1n) is 5.34. The molecule has 18 heavy (non-hydrogen) atoms. The number of aromatic nitrogens is 2. The van der Waals surface area contributed by atoms with Gasteiger partial charge in [0.15, 0.2) is 20.7 Å². The van der Waals surface area contributed by atoms with Gasteiger partial charge >= 0.3 is 0 Å². The molecule has 0 radical (unpaired) electrons. The summed E-state index contributed by atoms with van der Waals surface area (Å²) >= 11 is 5.79. The number of sulfone groups is 1. The Bertz CT molecular complexity index is 654. The summed E-state index contributed by atoms with van der Waals surface area (Å²) in [6, 6.07) is 8.32. The zero-order valence-corrected chi connectivity index (χ0v) is 11.2. The Morgan fingerprint density at radius 2 is 1.83 bits per heavy atom. The van der Waals surface area contributed by atoms with E-state index >= 15 is 0 Å². The molecule has 0 amide bonds. The van der Waals surface area contributed by atoms with Crippen LogP contribution >= 0.6 is 11.6 Å². The van der Waals surface area contributed by atoms with E-state index < -0.39 is 9.84 Å². The van der Waals surface area contributed by atoms with E-state index in [9.17, 15) is 8.42 Å². The molecule has 0 spiro atoms. The van der Waals surface area contributed by atoms with Crippen molar-refractivity contribution in [1.82, 2.24) is 9.97 Å². The van der Waals surface area contributed by atoms with Gasteiger partial charge in [0.1, 0.15) is 0 Å². The third kappa shape index (κ3) is 2.68. The van der Waals surface area contributed by atoms with Crippen LogP contribution in [0.2, 0.25) is 5.02 Å². The highest BCUT2D eigenvalue weighted by Gasteiger charge is 2.14. The number of hydrogen-bond donors (Lipinski definition) is 0. The number of halogens is 1. The Balaban J connectivity index is 2.48. The van der Waals surface area contributed by atoms with Gasteiger partial charge in [-0.3, -0.25) is 0 Å². The lowest BCUT2D eigenvalue weighted by Crippen LogP contribution is -2.07. The first-order chi connectivity index (χ1) is 8.53. The lowest BCUT2D eigenvalue weighted by molar-refractivity contribution is 0.593. The Hall–Kier alpha value is -1.46. The molecule has 0 aliphatic carbocycles. The van der Waals surface area contributed by atoms with Crippen LogP contribution < -0.4 is 0 Å². The molecule has 2 aromatic rings. The van der Waals surface area contributed by atoms with E-state index in [1.165, 1.54) is 12.3 Å². The molecule has 2 rings (SSSR count). The topological polar surface area (TPSA) is 59.9 Å². The molecule has 0 saturated heterocycles. The largest absolute Gasteiger partial charge is 0.236 e.